The highest BCUT2D eigenvalue weighted by Gasteiger charge is 2.34. The Morgan fingerprint density at radius 3 is 2.66 bits per heavy atom. The first kappa shape index (κ1) is 22.0. The van der Waals surface area contributed by atoms with E-state index in [1.165, 1.54) is 6.07 Å². The van der Waals surface area contributed by atoms with E-state index in [4.69, 9.17) is 11.5 Å². The maximum absolute atomic E-state index is 14.3. The van der Waals surface area contributed by atoms with Crippen LogP contribution >= 0.6 is 0 Å². The Kier molecular flexibility index (Phi) is 6.27. The molecule has 8 heteroatoms. The van der Waals surface area contributed by atoms with Crippen molar-refractivity contribution < 1.29 is 14.3 Å². The zero-order valence-electron chi connectivity index (χ0n) is 17.7. The van der Waals surface area contributed by atoms with Gasteiger partial charge in [0, 0.05) is 23.8 Å². The number of rotatable bonds is 4. The third-order valence-corrected chi connectivity index (χ3v) is 5.91. The highest BCUT2D eigenvalue weighted by Crippen LogP contribution is 2.35. The van der Waals surface area contributed by atoms with Crippen molar-refractivity contribution in [3.8, 4) is 11.3 Å². The molecule has 166 valence electrons. The van der Waals surface area contributed by atoms with Crippen molar-refractivity contribution in [2.75, 3.05) is 5.32 Å². The van der Waals surface area contributed by atoms with Gasteiger partial charge in [0.1, 0.15) is 11.5 Å². The van der Waals surface area contributed by atoms with Gasteiger partial charge in [0.05, 0.1) is 23.7 Å². The number of anilines is 1. The van der Waals surface area contributed by atoms with Crippen LogP contribution in [0, 0.1) is 12.7 Å². The number of aliphatic hydroxyl groups excluding tert-OH is 1. The van der Waals surface area contributed by atoms with E-state index in [0.29, 0.717) is 29.8 Å². The van der Waals surface area contributed by atoms with Gasteiger partial charge in [-0.15, -0.1) is 0 Å². The second-order valence-electron chi connectivity index (χ2n) is 8.30. The summed E-state index contributed by atoms with van der Waals surface area (Å²) in [7, 11) is 0. The fourth-order valence-electron chi connectivity index (χ4n) is 4.20. The van der Waals surface area contributed by atoms with E-state index in [-0.39, 0.29) is 11.6 Å². The third kappa shape index (κ3) is 4.52. The molecule has 1 saturated carbocycles. The van der Waals surface area contributed by atoms with Gasteiger partial charge in [-0.05, 0) is 61.6 Å². The molecular formula is C24H26FN5O2. The number of hydrogen-bond acceptors (Lipinski definition) is 6. The summed E-state index contributed by atoms with van der Waals surface area (Å²) >= 11 is 0. The number of carbonyl (C=O) groups excluding carboxylic acids is 1. The number of nitrogens with two attached hydrogens (primary N) is 2. The summed E-state index contributed by atoms with van der Waals surface area (Å²) in [5, 5.41) is 12.9. The van der Waals surface area contributed by atoms with E-state index in [1.54, 1.807) is 42.7 Å². The molecule has 0 radical (unpaired) electrons. The summed E-state index contributed by atoms with van der Waals surface area (Å²) in [4.78, 5) is 21.5. The Bertz CT molecular complexity index is 1130. The number of nitrogens with one attached hydrogen (secondary N) is 1. The molecule has 0 saturated heterocycles. The second kappa shape index (κ2) is 9.12. The number of benzene rings is 1. The minimum atomic E-state index is -0.750. The molecule has 3 aromatic rings. The monoisotopic (exact) mass is 435 g/mol. The number of hydrogen-bond donors (Lipinski definition) is 4. The number of halogens is 1. The van der Waals surface area contributed by atoms with Crippen molar-refractivity contribution in [1.29, 1.82) is 0 Å². The van der Waals surface area contributed by atoms with E-state index in [2.05, 4.69) is 15.3 Å². The summed E-state index contributed by atoms with van der Waals surface area (Å²) < 4.78 is 14.3. The molecule has 4 atom stereocenters. The maximum atomic E-state index is 14.3. The van der Waals surface area contributed by atoms with Crippen LogP contribution in [0.25, 0.3) is 11.3 Å². The predicted molar refractivity (Wildman–Crippen MR) is 120 cm³/mol. The Morgan fingerprint density at radius 2 is 1.91 bits per heavy atom. The van der Waals surface area contributed by atoms with Crippen molar-refractivity contribution >= 4 is 11.6 Å². The van der Waals surface area contributed by atoms with Crippen LogP contribution in [0.4, 0.5) is 10.1 Å². The molecule has 1 fully saturated rings. The molecule has 0 aliphatic heterocycles. The Labute approximate surface area is 185 Å². The average Bonchev–Trinajstić information content (AvgIpc) is 2.79. The van der Waals surface area contributed by atoms with Crippen LogP contribution in [0.3, 0.4) is 0 Å². The molecule has 1 aliphatic carbocycles. The molecule has 6 N–H and O–H groups in total. The molecule has 0 spiro atoms. The van der Waals surface area contributed by atoms with Crippen LogP contribution in [-0.4, -0.2) is 39.2 Å². The lowest BCUT2D eigenvalue weighted by molar-refractivity contribution is 0.0800. The number of aliphatic hydroxyl groups is 1. The first-order valence-corrected chi connectivity index (χ1v) is 10.5. The second-order valence-corrected chi connectivity index (χ2v) is 8.30. The van der Waals surface area contributed by atoms with E-state index >= 15 is 0 Å². The van der Waals surface area contributed by atoms with Crippen LogP contribution in [0.1, 0.15) is 40.4 Å². The molecule has 0 bridgehead atoms. The lowest BCUT2D eigenvalue weighted by Gasteiger charge is -2.36. The van der Waals surface area contributed by atoms with Crippen molar-refractivity contribution in [2.45, 2.75) is 43.9 Å². The normalized spacial score (nSPS) is 23.0. The van der Waals surface area contributed by atoms with Crippen molar-refractivity contribution in [2.24, 2.45) is 11.5 Å². The van der Waals surface area contributed by atoms with Gasteiger partial charge in [-0.25, -0.2) is 9.37 Å². The minimum absolute atomic E-state index is 0.0256. The average molecular weight is 436 g/mol. The molecule has 1 aromatic carbocycles. The summed E-state index contributed by atoms with van der Waals surface area (Å²) in [6.07, 6.45) is 3.55. The Morgan fingerprint density at radius 1 is 1.16 bits per heavy atom. The number of amides is 1. The van der Waals surface area contributed by atoms with Gasteiger partial charge in [-0.3, -0.25) is 9.78 Å². The highest BCUT2D eigenvalue weighted by molar-refractivity contribution is 6.03. The smallest absolute Gasteiger partial charge is 0.274 e. The molecule has 7 nitrogen and oxygen atoms in total. The van der Waals surface area contributed by atoms with Gasteiger partial charge < -0.3 is 21.9 Å². The largest absolute Gasteiger partial charge is 0.390 e. The lowest BCUT2D eigenvalue weighted by atomic mass is 9.77. The fourth-order valence-corrected chi connectivity index (χ4v) is 4.20. The number of carbonyl (C=O) groups is 1. The standard InChI is InChI=1S/C24H26FN5O2/c1-13-5-6-17(25)16(9-13)20-3-2-4-21(29-20)24(32)30-22-12-28-8-7-15(22)14-10-18(26)23(31)19(27)11-14/h2-9,12,14,18-19,23,31H,10-11,26-27H2,1H3,(H,30,32)/t14-,18+,19-,23+. The molecule has 4 rings (SSSR count). The quantitative estimate of drug-likeness (QED) is 0.499. The first-order valence-electron chi connectivity index (χ1n) is 10.5. The number of pyridine rings is 2. The van der Waals surface area contributed by atoms with Crippen LogP contribution in [0.15, 0.2) is 54.9 Å². The zero-order chi connectivity index (χ0) is 22.8. The molecule has 1 amide bonds. The van der Waals surface area contributed by atoms with Crippen molar-refractivity contribution in [3.05, 3.63) is 77.5 Å². The van der Waals surface area contributed by atoms with Crippen LogP contribution in [0.2, 0.25) is 0 Å². The third-order valence-electron chi connectivity index (χ3n) is 5.91. The topological polar surface area (TPSA) is 127 Å². The van der Waals surface area contributed by atoms with Gasteiger partial charge >= 0.3 is 0 Å². The van der Waals surface area contributed by atoms with E-state index in [9.17, 15) is 14.3 Å². The lowest BCUT2D eigenvalue weighted by Crippen LogP contribution is -2.52. The van der Waals surface area contributed by atoms with Gasteiger partial charge in [0.2, 0.25) is 0 Å². The molecule has 0 unspecified atom stereocenters. The molecule has 2 aromatic heterocycles. The summed E-state index contributed by atoms with van der Waals surface area (Å²) in [5.74, 6) is -0.858. The predicted octanol–water partition coefficient (Wildman–Crippen LogP) is 2.74. The SMILES string of the molecule is Cc1ccc(F)c(-c2cccc(C(=O)Nc3cnccc3[C@H]3C[C@@H](N)[C@@H](O)[C@@H](N)C3)n2)c1. The molecular weight excluding hydrogens is 409 g/mol. The Hall–Kier alpha value is -3.20. The van der Waals surface area contributed by atoms with Gasteiger partial charge in [-0.1, -0.05) is 17.7 Å². The highest BCUT2D eigenvalue weighted by atomic mass is 19.1. The molecule has 32 heavy (non-hydrogen) atoms. The molecule has 2 heterocycles. The van der Waals surface area contributed by atoms with Gasteiger partial charge in [0.25, 0.3) is 5.91 Å². The van der Waals surface area contributed by atoms with Gasteiger partial charge in [-0.2, -0.15) is 0 Å². The fraction of sp³-hybridized carbons (Fsp3) is 0.292. The van der Waals surface area contributed by atoms with Crippen LogP contribution in [0.5, 0.6) is 0 Å². The van der Waals surface area contributed by atoms with Crippen LogP contribution < -0.4 is 16.8 Å². The summed E-state index contributed by atoms with van der Waals surface area (Å²) in [6.45, 7) is 1.87. The zero-order valence-corrected chi connectivity index (χ0v) is 17.7. The van der Waals surface area contributed by atoms with Crippen LogP contribution in [-0.2, 0) is 0 Å². The van der Waals surface area contributed by atoms with E-state index < -0.39 is 29.9 Å². The van der Waals surface area contributed by atoms with Gasteiger partial charge in [0.15, 0.2) is 0 Å². The molecule has 1 aliphatic rings. The summed E-state index contributed by atoms with van der Waals surface area (Å²) in [5.41, 5.74) is 15.3. The minimum Gasteiger partial charge on any atom is -0.390 e. The number of aromatic nitrogens is 2. The number of nitrogens with zero attached hydrogens (tertiary/aromatic N) is 2. The first-order chi connectivity index (χ1) is 15.3. The maximum Gasteiger partial charge on any atom is 0.274 e. The van der Waals surface area contributed by atoms with E-state index in [0.717, 1.165) is 11.1 Å². The van der Waals surface area contributed by atoms with Crippen molar-refractivity contribution in [1.82, 2.24) is 9.97 Å². The van der Waals surface area contributed by atoms with Crippen molar-refractivity contribution in [3.63, 3.8) is 0 Å². The summed E-state index contributed by atoms with van der Waals surface area (Å²) in [6, 6.07) is 10.6. The van der Waals surface area contributed by atoms with E-state index in [1.807, 2.05) is 13.0 Å². The Balaban J connectivity index is 1.59. The number of aryl methyl sites for hydroxylation is 1.